The molecule has 1 N–H and O–H groups in total. The summed E-state index contributed by atoms with van der Waals surface area (Å²) in [4.78, 5) is 29.8. The number of methoxy groups -OCH3 is 1. The fraction of sp³-hybridized carbons (Fsp3) is 0.320. The zero-order chi connectivity index (χ0) is 23.6. The number of rotatable bonds is 6. The zero-order valence-corrected chi connectivity index (χ0v) is 19.9. The monoisotopic (exact) mass is 486 g/mol. The molecule has 0 aliphatic carbocycles. The van der Waals surface area contributed by atoms with E-state index >= 15 is 0 Å². The highest BCUT2D eigenvalue weighted by Gasteiger charge is 2.39. The van der Waals surface area contributed by atoms with Gasteiger partial charge in [0.25, 0.3) is 5.91 Å². The van der Waals surface area contributed by atoms with Gasteiger partial charge in [-0.3, -0.25) is 4.79 Å². The van der Waals surface area contributed by atoms with E-state index in [1.54, 1.807) is 25.1 Å². The van der Waals surface area contributed by atoms with Crippen molar-refractivity contribution in [2.45, 2.75) is 37.8 Å². The molecule has 1 fully saturated rings. The molecule has 0 bridgehead atoms. The van der Waals surface area contributed by atoms with Crippen LogP contribution in [0.25, 0.3) is 22.2 Å². The van der Waals surface area contributed by atoms with Gasteiger partial charge in [-0.15, -0.1) is 0 Å². The lowest BCUT2D eigenvalue weighted by atomic mass is 9.99. The number of carbonyl (C=O) groups is 2. The summed E-state index contributed by atoms with van der Waals surface area (Å²) in [5.41, 5.74) is 2.06. The fourth-order valence-electron chi connectivity index (χ4n) is 4.02. The molecule has 0 spiro atoms. The first-order chi connectivity index (χ1) is 15.8. The lowest BCUT2D eigenvalue weighted by Gasteiger charge is -2.25. The highest BCUT2D eigenvalue weighted by atomic mass is 35.5. The largest absolute Gasteiger partial charge is 0.467 e. The molecule has 8 heteroatoms. The number of hydrogen-bond acceptors (Lipinski definition) is 5. The van der Waals surface area contributed by atoms with E-state index in [1.165, 1.54) is 7.11 Å². The molecule has 0 unspecified atom stereocenters. The number of nitrogens with one attached hydrogen (secondary N) is 1. The molecule has 1 aliphatic heterocycles. The van der Waals surface area contributed by atoms with Crippen LogP contribution in [0.1, 0.15) is 25.3 Å². The highest BCUT2D eigenvalue weighted by Crippen LogP contribution is 2.34. The van der Waals surface area contributed by atoms with Crippen molar-refractivity contribution >= 4 is 46.0 Å². The van der Waals surface area contributed by atoms with Gasteiger partial charge < -0.3 is 14.8 Å². The summed E-state index contributed by atoms with van der Waals surface area (Å²) in [6.45, 7) is 2.28. The third-order valence-electron chi connectivity index (χ3n) is 5.90. The zero-order valence-electron chi connectivity index (χ0n) is 18.4. The molecule has 172 valence electrons. The van der Waals surface area contributed by atoms with E-state index in [0.29, 0.717) is 34.3 Å². The summed E-state index contributed by atoms with van der Waals surface area (Å²) in [5.74, 6) is -0.814. The van der Waals surface area contributed by atoms with Crippen molar-refractivity contribution in [2.24, 2.45) is 0 Å². The van der Waals surface area contributed by atoms with Crippen LogP contribution in [0.3, 0.4) is 0 Å². The van der Waals surface area contributed by atoms with Gasteiger partial charge >= 0.3 is 5.97 Å². The number of aromatic nitrogens is 1. The first kappa shape index (κ1) is 23.5. The van der Waals surface area contributed by atoms with Crippen LogP contribution < -0.4 is 5.32 Å². The van der Waals surface area contributed by atoms with Gasteiger partial charge in [0.2, 0.25) is 0 Å². The Labute approximate surface area is 202 Å². The van der Waals surface area contributed by atoms with Crippen LogP contribution in [0.4, 0.5) is 0 Å². The first-order valence-corrected chi connectivity index (χ1v) is 11.4. The SMILES string of the molecule is COC(=O)[C@H](Cc1ccc2nc(-c3c(Cl)cccc3Cl)ccc2c1)NC(=O)[C@]1(C)CCCO1. The third-order valence-corrected chi connectivity index (χ3v) is 6.53. The van der Waals surface area contributed by atoms with E-state index in [0.717, 1.165) is 22.9 Å². The minimum absolute atomic E-state index is 0.280. The van der Waals surface area contributed by atoms with Crippen molar-refractivity contribution in [1.29, 1.82) is 0 Å². The molecule has 2 aromatic carbocycles. The third kappa shape index (κ3) is 4.98. The van der Waals surface area contributed by atoms with Crippen LogP contribution in [-0.2, 0) is 25.5 Å². The number of esters is 1. The average molecular weight is 487 g/mol. The summed E-state index contributed by atoms with van der Waals surface area (Å²) < 4.78 is 10.5. The quantitative estimate of drug-likeness (QED) is 0.497. The Morgan fingerprint density at radius 3 is 2.61 bits per heavy atom. The lowest BCUT2D eigenvalue weighted by molar-refractivity contribution is -0.149. The second kappa shape index (κ2) is 9.67. The van der Waals surface area contributed by atoms with Gasteiger partial charge in [-0.25, -0.2) is 9.78 Å². The number of nitrogens with zero attached hydrogens (tertiary/aromatic N) is 1. The standard InChI is InChI=1S/C25H24Cl2N2O4/c1-25(11-4-12-33-25)24(31)29-21(23(30)32-2)14-15-7-9-19-16(13-15)8-10-20(28-19)22-17(26)5-3-6-18(22)27/h3,5-10,13,21H,4,11-12,14H2,1-2H3,(H,29,31)/t21-,25-/m0/s1. The molecule has 3 aromatic rings. The number of amides is 1. The molecule has 2 heterocycles. The van der Waals surface area contributed by atoms with Gasteiger partial charge in [0, 0.05) is 24.0 Å². The molecule has 2 atom stereocenters. The molecule has 1 saturated heterocycles. The molecular formula is C25H24Cl2N2O4. The van der Waals surface area contributed by atoms with Crippen molar-refractivity contribution in [3.8, 4) is 11.3 Å². The Morgan fingerprint density at radius 1 is 1.18 bits per heavy atom. The van der Waals surface area contributed by atoms with Crippen LogP contribution in [0.15, 0.2) is 48.5 Å². The topological polar surface area (TPSA) is 77.5 Å². The van der Waals surface area contributed by atoms with E-state index in [2.05, 4.69) is 5.32 Å². The minimum atomic E-state index is -0.921. The summed E-state index contributed by atoms with van der Waals surface area (Å²) in [7, 11) is 1.31. The maximum atomic E-state index is 12.8. The maximum absolute atomic E-state index is 12.8. The Balaban J connectivity index is 1.58. The lowest BCUT2D eigenvalue weighted by Crippen LogP contribution is -2.51. The molecule has 0 radical (unpaired) electrons. The van der Waals surface area contributed by atoms with Gasteiger partial charge in [-0.2, -0.15) is 0 Å². The number of halogens is 2. The number of ether oxygens (including phenoxy) is 2. The number of benzene rings is 2. The second-order valence-corrected chi connectivity index (χ2v) is 9.07. The van der Waals surface area contributed by atoms with E-state index in [9.17, 15) is 9.59 Å². The van der Waals surface area contributed by atoms with Crippen molar-refractivity contribution in [1.82, 2.24) is 10.3 Å². The van der Waals surface area contributed by atoms with Gasteiger partial charge in [0.05, 0.1) is 28.4 Å². The van der Waals surface area contributed by atoms with E-state index in [1.807, 2.05) is 30.3 Å². The van der Waals surface area contributed by atoms with Crippen LogP contribution in [0.2, 0.25) is 10.0 Å². The predicted octanol–water partition coefficient (Wildman–Crippen LogP) is 4.98. The molecule has 33 heavy (non-hydrogen) atoms. The normalized spacial score (nSPS) is 18.8. The number of fused-ring (bicyclic) bond motifs is 1. The van der Waals surface area contributed by atoms with E-state index in [-0.39, 0.29) is 12.3 Å². The number of carbonyl (C=O) groups excluding carboxylic acids is 2. The van der Waals surface area contributed by atoms with Gasteiger partial charge in [0.15, 0.2) is 0 Å². The summed E-state index contributed by atoms with van der Waals surface area (Å²) in [5, 5.41) is 4.76. The average Bonchev–Trinajstić information content (AvgIpc) is 3.25. The molecule has 1 aromatic heterocycles. The summed E-state index contributed by atoms with van der Waals surface area (Å²) in [6, 6.07) is 14.0. The Morgan fingerprint density at radius 2 is 1.94 bits per heavy atom. The number of hydrogen-bond donors (Lipinski definition) is 1. The Bertz CT molecular complexity index is 1190. The molecular weight excluding hydrogens is 463 g/mol. The van der Waals surface area contributed by atoms with Crippen molar-refractivity contribution < 1.29 is 19.1 Å². The van der Waals surface area contributed by atoms with Crippen molar-refractivity contribution in [2.75, 3.05) is 13.7 Å². The van der Waals surface area contributed by atoms with Crippen LogP contribution in [-0.4, -0.2) is 42.2 Å². The molecule has 1 aliphatic rings. The highest BCUT2D eigenvalue weighted by molar-refractivity contribution is 6.39. The Hall–Kier alpha value is -2.67. The van der Waals surface area contributed by atoms with Gasteiger partial charge in [-0.1, -0.05) is 41.4 Å². The number of pyridine rings is 1. The predicted molar refractivity (Wildman–Crippen MR) is 128 cm³/mol. The summed E-state index contributed by atoms with van der Waals surface area (Å²) >= 11 is 12.7. The fourth-order valence-corrected chi connectivity index (χ4v) is 4.62. The van der Waals surface area contributed by atoms with Crippen molar-refractivity contribution in [3.05, 3.63) is 64.1 Å². The van der Waals surface area contributed by atoms with Crippen LogP contribution in [0.5, 0.6) is 0 Å². The minimum Gasteiger partial charge on any atom is -0.467 e. The van der Waals surface area contributed by atoms with E-state index in [4.69, 9.17) is 37.7 Å². The van der Waals surface area contributed by atoms with Crippen LogP contribution >= 0.6 is 23.2 Å². The van der Waals surface area contributed by atoms with Gasteiger partial charge in [0.1, 0.15) is 11.6 Å². The molecule has 0 saturated carbocycles. The molecule has 1 amide bonds. The van der Waals surface area contributed by atoms with Crippen LogP contribution in [0, 0.1) is 0 Å². The molecule has 4 rings (SSSR count). The Kier molecular flexibility index (Phi) is 6.88. The smallest absolute Gasteiger partial charge is 0.328 e. The van der Waals surface area contributed by atoms with E-state index < -0.39 is 17.6 Å². The summed E-state index contributed by atoms with van der Waals surface area (Å²) in [6.07, 6.45) is 1.71. The maximum Gasteiger partial charge on any atom is 0.328 e. The molecule has 6 nitrogen and oxygen atoms in total. The van der Waals surface area contributed by atoms with Crippen molar-refractivity contribution in [3.63, 3.8) is 0 Å². The second-order valence-electron chi connectivity index (χ2n) is 8.26. The van der Waals surface area contributed by atoms with Gasteiger partial charge in [-0.05, 0) is 55.7 Å². The first-order valence-electron chi connectivity index (χ1n) is 10.7.